The minimum atomic E-state index is -1.47. The summed E-state index contributed by atoms with van der Waals surface area (Å²) in [4.78, 5) is 21.6. The average Bonchev–Trinajstić information content (AvgIpc) is 2.99. The van der Waals surface area contributed by atoms with Crippen molar-refractivity contribution in [3.63, 3.8) is 0 Å². The van der Waals surface area contributed by atoms with Crippen molar-refractivity contribution in [3.8, 4) is 0 Å². The lowest BCUT2D eigenvalue weighted by atomic mass is 9.65. The van der Waals surface area contributed by atoms with Crippen LogP contribution in [0, 0.1) is 23.7 Å². The van der Waals surface area contributed by atoms with E-state index in [-0.39, 0.29) is 33.7 Å². The third kappa shape index (κ3) is 1.51. The van der Waals surface area contributed by atoms with Gasteiger partial charge in [-0.05, 0) is 24.7 Å². The maximum Gasteiger partial charge on any atom is 0.230 e. The first-order chi connectivity index (χ1) is 11.2. The van der Waals surface area contributed by atoms with E-state index in [2.05, 4.69) is 5.32 Å². The zero-order valence-electron chi connectivity index (χ0n) is 12.9. The number of carbonyl (C=O) groups excluding carboxylic acids is 2. The van der Waals surface area contributed by atoms with Crippen molar-refractivity contribution in [1.29, 1.82) is 0 Å². The molecule has 24 heavy (non-hydrogen) atoms. The molecule has 1 aliphatic heterocycles. The molecule has 3 fully saturated rings. The number of nitrogens with one attached hydrogen (secondary N) is 1. The van der Waals surface area contributed by atoms with Crippen LogP contribution in [0.25, 0.3) is 0 Å². The molecule has 0 radical (unpaired) electrons. The van der Waals surface area contributed by atoms with Crippen molar-refractivity contribution in [1.82, 2.24) is 5.32 Å². The average molecular weight is 415 g/mol. The molecule has 5 nitrogen and oxygen atoms in total. The summed E-state index contributed by atoms with van der Waals surface area (Å²) in [5.74, 6) is -3.50. The second-order valence-corrected chi connectivity index (χ2v) is 8.78. The van der Waals surface area contributed by atoms with Gasteiger partial charge in [-0.1, -0.05) is 23.2 Å². The van der Waals surface area contributed by atoms with Crippen LogP contribution >= 0.6 is 46.4 Å². The van der Waals surface area contributed by atoms with Crippen molar-refractivity contribution in [2.45, 2.75) is 28.4 Å². The van der Waals surface area contributed by atoms with Crippen molar-refractivity contribution in [3.05, 3.63) is 10.1 Å². The zero-order valence-corrected chi connectivity index (χ0v) is 15.9. The lowest BCUT2D eigenvalue weighted by Gasteiger charge is -2.42. The van der Waals surface area contributed by atoms with Crippen LogP contribution in [0.3, 0.4) is 0 Å². The van der Waals surface area contributed by atoms with Gasteiger partial charge in [-0.15, -0.1) is 23.2 Å². The molecule has 132 valence electrons. The van der Waals surface area contributed by atoms with E-state index >= 15 is 0 Å². The Morgan fingerprint density at radius 2 is 1.29 bits per heavy atom. The number of ether oxygens (including phenoxy) is 2. The number of rotatable bonds is 2. The molecule has 0 unspecified atom stereocenters. The highest BCUT2D eigenvalue weighted by molar-refractivity contribution is 6.52. The van der Waals surface area contributed by atoms with Gasteiger partial charge in [0, 0.05) is 14.2 Å². The van der Waals surface area contributed by atoms with Gasteiger partial charge in [0.15, 0.2) is 0 Å². The molecule has 4 rings (SSSR count). The summed E-state index contributed by atoms with van der Waals surface area (Å²) in [5, 5.41) is 2.77. The van der Waals surface area contributed by atoms with Crippen molar-refractivity contribution in [2.75, 3.05) is 14.2 Å². The molecule has 0 aromatic carbocycles. The number of hydrogen-bond donors (Lipinski definition) is 1. The molecule has 0 aromatic heterocycles. The minimum absolute atomic E-state index is 0.189. The number of halogens is 4. The SMILES string of the molecule is COC1(OC)[C@@]2(Cl)C(Cl)=C(Cl)[C@]1(Cl)[C@H]1C[C@H]3C(=O)NC(=O)[C@@H]3C[C@@H]12. The predicted molar refractivity (Wildman–Crippen MR) is 89.0 cm³/mol. The van der Waals surface area contributed by atoms with Crippen LogP contribution < -0.4 is 5.32 Å². The fourth-order valence-corrected chi connectivity index (χ4v) is 7.58. The largest absolute Gasteiger partial charge is 0.350 e. The third-order valence-electron chi connectivity index (χ3n) is 6.29. The van der Waals surface area contributed by atoms with E-state index in [0.29, 0.717) is 12.8 Å². The molecule has 9 heteroatoms. The summed E-state index contributed by atoms with van der Waals surface area (Å²) < 4.78 is 11.3. The summed E-state index contributed by atoms with van der Waals surface area (Å²) in [6.07, 6.45) is 0.749. The van der Waals surface area contributed by atoms with Crippen LogP contribution in [0.1, 0.15) is 12.8 Å². The molecule has 6 atom stereocenters. The molecule has 2 saturated carbocycles. The Balaban J connectivity index is 1.90. The summed E-state index contributed by atoms with van der Waals surface area (Å²) in [5.41, 5.74) is 0. The van der Waals surface area contributed by atoms with E-state index in [4.69, 9.17) is 55.9 Å². The Morgan fingerprint density at radius 1 is 0.917 bits per heavy atom. The lowest BCUT2D eigenvalue weighted by Crippen LogP contribution is -2.57. The summed E-state index contributed by atoms with van der Waals surface area (Å²) in [7, 11) is 2.88. The van der Waals surface area contributed by atoms with Crippen molar-refractivity contribution < 1.29 is 19.1 Å². The second-order valence-electron chi connectivity index (χ2n) is 6.83. The predicted octanol–water partition coefficient (Wildman–Crippen LogP) is 2.56. The number of alkyl halides is 2. The van der Waals surface area contributed by atoms with Gasteiger partial charge in [0.05, 0.1) is 21.9 Å². The zero-order chi connectivity index (χ0) is 17.7. The van der Waals surface area contributed by atoms with Gasteiger partial charge in [0.1, 0.15) is 9.75 Å². The Labute approximate surface area is 158 Å². The molecule has 0 aromatic rings. The maximum absolute atomic E-state index is 12.1. The van der Waals surface area contributed by atoms with E-state index in [1.165, 1.54) is 14.2 Å². The van der Waals surface area contributed by atoms with E-state index < -0.39 is 27.4 Å². The first kappa shape index (κ1) is 17.4. The molecule has 2 bridgehead atoms. The standard InChI is InChI=1S/C15H15Cl4NO4/c1-23-15(24-2)13(18)7-3-5-6(12(22)20-11(5)21)4-8(7)14(15,19)10(17)9(13)16/h5-8H,3-4H2,1-2H3,(H,20,21,22)/t5-,6-,7+,8+,13-,14+/m1/s1. The van der Waals surface area contributed by atoms with Crippen LogP contribution in [0.15, 0.2) is 10.1 Å². The number of carbonyl (C=O) groups is 2. The molecule has 1 N–H and O–H groups in total. The fourth-order valence-electron chi connectivity index (χ4n) is 5.33. The van der Waals surface area contributed by atoms with E-state index in [9.17, 15) is 9.59 Å². The molecule has 2 amide bonds. The highest BCUT2D eigenvalue weighted by atomic mass is 35.5. The van der Waals surface area contributed by atoms with Crippen LogP contribution in [0.4, 0.5) is 0 Å². The number of fused-ring (bicyclic) bond motifs is 6. The quantitative estimate of drug-likeness (QED) is 0.428. The van der Waals surface area contributed by atoms with E-state index in [1.54, 1.807) is 0 Å². The highest BCUT2D eigenvalue weighted by Crippen LogP contribution is 2.76. The number of imide groups is 1. The van der Waals surface area contributed by atoms with Crippen molar-refractivity contribution in [2.24, 2.45) is 23.7 Å². The van der Waals surface area contributed by atoms with Gasteiger partial charge < -0.3 is 9.47 Å². The van der Waals surface area contributed by atoms with Crippen LogP contribution in [0.5, 0.6) is 0 Å². The molecule has 3 aliphatic carbocycles. The Kier molecular flexibility index (Phi) is 3.64. The van der Waals surface area contributed by atoms with Crippen LogP contribution in [0.2, 0.25) is 0 Å². The third-order valence-corrected chi connectivity index (χ3v) is 8.99. The second kappa shape index (κ2) is 5.02. The smallest absolute Gasteiger partial charge is 0.230 e. The van der Waals surface area contributed by atoms with E-state index in [1.807, 2.05) is 0 Å². The van der Waals surface area contributed by atoms with Crippen LogP contribution in [-0.2, 0) is 19.1 Å². The van der Waals surface area contributed by atoms with Gasteiger partial charge in [-0.3, -0.25) is 14.9 Å². The van der Waals surface area contributed by atoms with Gasteiger partial charge in [-0.25, -0.2) is 0 Å². The normalized spacial score (nSPS) is 48.6. The van der Waals surface area contributed by atoms with Gasteiger partial charge >= 0.3 is 0 Å². The summed E-state index contributed by atoms with van der Waals surface area (Å²) in [6, 6.07) is 0. The molecule has 4 aliphatic rings. The molecular weight excluding hydrogens is 400 g/mol. The fraction of sp³-hybridized carbons (Fsp3) is 0.733. The Morgan fingerprint density at radius 3 is 1.62 bits per heavy atom. The summed E-state index contributed by atoms with van der Waals surface area (Å²) in [6.45, 7) is 0. The van der Waals surface area contributed by atoms with E-state index in [0.717, 1.165) is 0 Å². The molecule has 1 heterocycles. The van der Waals surface area contributed by atoms with Gasteiger partial charge in [0.2, 0.25) is 17.6 Å². The Hall–Kier alpha value is -0.0400. The minimum Gasteiger partial charge on any atom is -0.350 e. The number of hydrogen-bond acceptors (Lipinski definition) is 4. The lowest BCUT2D eigenvalue weighted by molar-refractivity contribution is -0.220. The summed E-state index contributed by atoms with van der Waals surface area (Å²) >= 11 is 26.9. The molecular formula is C15H15Cl4NO4. The van der Waals surface area contributed by atoms with Gasteiger partial charge in [-0.2, -0.15) is 0 Å². The number of amides is 2. The Bertz CT molecular complexity index is 641. The van der Waals surface area contributed by atoms with Gasteiger partial charge in [0.25, 0.3) is 0 Å². The topological polar surface area (TPSA) is 64.6 Å². The van der Waals surface area contributed by atoms with Crippen LogP contribution in [-0.4, -0.2) is 41.6 Å². The maximum atomic E-state index is 12.1. The highest BCUT2D eigenvalue weighted by Gasteiger charge is 2.85. The monoisotopic (exact) mass is 413 g/mol. The first-order valence-electron chi connectivity index (χ1n) is 7.59. The molecule has 1 saturated heterocycles. The van der Waals surface area contributed by atoms with Crippen molar-refractivity contribution >= 4 is 58.2 Å². The number of methoxy groups -OCH3 is 2. The first-order valence-corrected chi connectivity index (χ1v) is 9.11. The molecule has 0 spiro atoms.